The van der Waals surface area contributed by atoms with E-state index >= 15 is 0 Å². The zero-order chi connectivity index (χ0) is 12.3. The molecule has 0 saturated carbocycles. The Morgan fingerprint density at radius 2 is 2.24 bits per heavy atom. The number of nitrogens with one attached hydrogen (secondary N) is 1. The Labute approximate surface area is 106 Å². The molecular formula is C11H6ClN3OS. The van der Waals surface area contributed by atoms with Gasteiger partial charge in [-0.25, -0.2) is 4.98 Å². The van der Waals surface area contributed by atoms with Crippen LogP contribution in [0, 0.1) is 11.3 Å². The third kappa shape index (κ3) is 2.61. The maximum atomic E-state index is 11.8. The molecule has 1 N–H and O–H groups in total. The number of rotatable bonds is 2. The van der Waals surface area contributed by atoms with Gasteiger partial charge in [-0.15, -0.1) is 0 Å². The van der Waals surface area contributed by atoms with E-state index in [1.165, 1.54) is 6.20 Å². The van der Waals surface area contributed by atoms with Gasteiger partial charge in [0.05, 0.1) is 16.8 Å². The Hall–Kier alpha value is -1.90. The molecule has 1 heterocycles. The molecule has 2 aromatic rings. The molecule has 2 rings (SSSR count). The first-order valence-electron chi connectivity index (χ1n) is 4.62. The van der Waals surface area contributed by atoms with E-state index < -0.39 is 0 Å². The molecule has 0 unspecified atom stereocenters. The molecule has 1 aromatic carbocycles. The highest BCUT2D eigenvalue weighted by molar-refractivity contribution is 7.16. The van der Waals surface area contributed by atoms with Crippen molar-refractivity contribution in [2.24, 2.45) is 0 Å². The maximum Gasteiger partial charge on any atom is 0.258 e. The molecule has 4 nitrogen and oxygen atoms in total. The topological polar surface area (TPSA) is 65.8 Å². The van der Waals surface area contributed by atoms with Crippen LogP contribution in [0.1, 0.15) is 15.2 Å². The number of thiazole rings is 1. The van der Waals surface area contributed by atoms with Crippen LogP contribution in [0.3, 0.4) is 0 Å². The van der Waals surface area contributed by atoms with Crippen molar-refractivity contribution in [2.75, 3.05) is 5.32 Å². The van der Waals surface area contributed by atoms with Gasteiger partial charge in [0.2, 0.25) is 0 Å². The molecule has 0 aliphatic carbocycles. The first-order chi connectivity index (χ1) is 8.20. The van der Waals surface area contributed by atoms with E-state index in [9.17, 15) is 4.79 Å². The minimum absolute atomic E-state index is 0.338. The number of anilines is 1. The van der Waals surface area contributed by atoms with Crippen molar-refractivity contribution in [2.45, 2.75) is 0 Å². The number of hydrogen-bond acceptors (Lipinski definition) is 4. The van der Waals surface area contributed by atoms with E-state index in [0.717, 1.165) is 11.3 Å². The molecule has 84 valence electrons. The Bertz CT molecular complexity index is 603. The first kappa shape index (κ1) is 11.6. The molecule has 0 bridgehead atoms. The molecule has 0 fully saturated rings. The number of hydrogen-bond donors (Lipinski definition) is 1. The lowest BCUT2D eigenvalue weighted by molar-refractivity contribution is 0.102. The zero-order valence-electron chi connectivity index (χ0n) is 8.48. The largest absolute Gasteiger partial charge is 0.298 e. The average Bonchev–Trinajstić information content (AvgIpc) is 2.77. The molecule has 0 radical (unpaired) electrons. The lowest BCUT2D eigenvalue weighted by atomic mass is 10.2. The normalized spacial score (nSPS) is 9.65. The van der Waals surface area contributed by atoms with Crippen LogP contribution in [0.15, 0.2) is 30.5 Å². The first-order valence-corrected chi connectivity index (χ1v) is 5.82. The fraction of sp³-hybridized carbons (Fsp3) is 0. The second kappa shape index (κ2) is 4.95. The highest BCUT2D eigenvalue weighted by Gasteiger charge is 2.11. The minimum Gasteiger partial charge on any atom is -0.298 e. The summed E-state index contributed by atoms with van der Waals surface area (Å²) in [6.07, 6.45) is 1.41. The van der Waals surface area contributed by atoms with E-state index in [1.807, 2.05) is 6.07 Å². The number of aromatic nitrogens is 1. The van der Waals surface area contributed by atoms with Crippen LogP contribution < -0.4 is 5.32 Å². The number of carbonyl (C=O) groups excluding carboxylic acids is 1. The van der Waals surface area contributed by atoms with Crippen LogP contribution in [0.5, 0.6) is 0 Å². The van der Waals surface area contributed by atoms with E-state index in [-0.39, 0.29) is 5.91 Å². The molecular weight excluding hydrogens is 258 g/mol. The minimum atomic E-state index is -0.338. The van der Waals surface area contributed by atoms with Gasteiger partial charge >= 0.3 is 0 Å². The highest BCUT2D eigenvalue weighted by Crippen LogP contribution is 2.20. The predicted octanol–water partition coefficient (Wildman–Crippen LogP) is 2.92. The summed E-state index contributed by atoms with van der Waals surface area (Å²) in [4.78, 5) is 16.2. The molecule has 17 heavy (non-hydrogen) atoms. The summed E-state index contributed by atoms with van der Waals surface area (Å²) in [6, 6.07) is 8.68. The van der Waals surface area contributed by atoms with Gasteiger partial charge in [0.1, 0.15) is 10.9 Å². The molecule has 0 saturated heterocycles. The Morgan fingerprint density at radius 1 is 1.47 bits per heavy atom. The van der Waals surface area contributed by atoms with Crippen molar-refractivity contribution in [1.29, 1.82) is 5.26 Å². The van der Waals surface area contributed by atoms with Crippen LogP contribution in [0.25, 0.3) is 0 Å². The fourth-order valence-electron chi connectivity index (χ4n) is 1.19. The average molecular weight is 264 g/mol. The van der Waals surface area contributed by atoms with Crippen LogP contribution >= 0.6 is 22.9 Å². The van der Waals surface area contributed by atoms with E-state index in [2.05, 4.69) is 10.3 Å². The van der Waals surface area contributed by atoms with Crippen LogP contribution in [0.4, 0.5) is 5.13 Å². The standard InChI is InChI=1S/C11H6ClN3OS/c12-9-4-2-1-3-8(9)10(16)15-11-14-6-7(5-13)17-11/h1-4,6H,(H,14,15,16). The van der Waals surface area contributed by atoms with Gasteiger partial charge in [-0.2, -0.15) is 5.26 Å². The highest BCUT2D eigenvalue weighted by atomic mass is 35.5. The Morgan fingerprint density at radius 3 is 2.88 bits per heavy atom. The summed E-state index contributed by atoms with van der Waals surface area (Å²) in [7, 11) is 0. The van der Waals surface area contributed by atoms with Crippen molar-refractivity contribution in [3.63, 3.8) is 0 Å². The van der Waals surface area contributed by atoms with Gasteiger partial charge in [-0.3, -0.25) is 10.1 Å². The number of nitrogens with zero attached hydrogens (tertiary/aromatic N) is 2. The zero-order valence-corrected chi connectivity index (χ0v) is 10.0. The van der Waals surface area contributed by atoms with Crippen molar-refractivity contribution >= 4 is 34.0 Å². The Balaban J connectivity index is 2.18. The van der Waals surface area contributed by atoms with Crippen molar-refractivity contribution in [1.82, 2.24) is 4.98 Å². The monoisotopic (exact) mass is 263 g/mol. The number of halogens is 1. The van der Waals surface area contributed by atoms with Crippen LogP contribution in [-0.2, 0) is 0 Å². The molecule has 1 aromatic heterocycles. The summed E-state index contributed by atoms with van der Waals surface area (Å²) in [5, 5.41) is 12.0. The second-order valence-corrected chi connectivity index (χ2v) is 4.51. The third-order valence-electron chi connectivity index (χ3n) is 1.95. The van der Waals surface area contributed by atoms with Crippen molar-refractivity contribution in [3.05, 3.63) is 45.9 Å². The fourth-order valence-corrected chi connectivity index (χ4v) is 2.02. The molecule has 0 aliphatic heterocycles. The van der Waals surface area contributed by atoms with Crippen LogP contribution in [-0.4, -0.2) is 10.9 Å². The maximum absolute atomic E-state index is 11.8. The summed E-state index contributed by atoms with van der Waals surface area (Å²) in [6.45, 7) is 0. The lowest BCUT2D eigenvalue weighted by Gasteiger charge is -2.02. The molecule has 0 atom stereocenters. The smallest absolute Gasteiger partial charge is 0.258 e. The van der Waals surface area contributed by atoms with Crippen molar-refractivity contribution < 1.29 is 4.79 Å². The van der Waals surface area contributed by atoms with Crippen LogP contribution in [0.2, 0.25) is 5.02 Å². The number of carbonyl (C=O) groups is 1. The summed E-state index contributed by atoms with van der Waals surface area (Å²) < 4.78 is 0. The van der Waals surface area contributed by atoms with E-state index in [1.54, 1.807) is 24.3 Å². The summed E-state index contributed by atoms with van der Waals surface area (Å²) >= 11 is 7.00. The number of amides is 1. The predicted molar refractivity (Wildman–Crippen MR) is 66.2 cm³/mol. The lowest BCUT2D eigenvalue weighted by Crippen LogP contribution is -2.11. The SMILES string of the molecule is N#Cc1cnc(NC(=O)c2ccccc2Cl)s1. The van der Waals surface area contributed by atoms with Crippen molar-refractivity contribution in [3.8, 4) is 6.07 Å². The molecule has 6 heteroatoms. The van der Waals surface area contributed by atoms with E-state index in [0.29, 0.717) is 20.6 Å². The molecule has 0 aliphatic rings. The van der Waals surface area contributed by atoms with Gasteiger partial charge < -0.3 is 0 Å². The molecule has 1 amide bonds. The van der Waals surface area contributed by atoms with E-state index in [4.69, 9.17) is 16.9 Å². The van der Waals surface area contributed by atoms with Gasteiger partial charge in [-0.1, -0.05) is 35.1 Å². The Kier molecular flexibility index (Phi) is 3.38. The summed E-state index contributed by atoms with van der Waals surface area (Å²) in [5.74, 6) is -0.338. The summed E-state index contributed by atoms with van der Waals surface area (Å²) in [5.41, 5.74) is 0.378. The number of benzene rings is 1. The van der Waals surface area contributed by atoms with Gasteiger partial charge in [-0.05, 0) is 12.1 Å². The quantitative estimate of drug-likeness (QED) is 0.906. The third-order valence-corrected chi connectivity index (χ3v) is 3.10. The molecule has 0 spiro atoms. The van der Waals surface area contributed by atoms with Gasteiger partial charge in [0.25, 0.3) is 5.91 Å². The number of nitriles is 1. The van der Waals surface area contributed by atoms with Gasteiger partial charge in [0, 0.05) is 0 Å². The van der Waals surface area contributed by atoms with Gasteiger partial charge in [0.15, 0.2) is 5.13 Å². The second-order valence-electron chi connectivity index (χ2n) is 3.08.